The number of rotatable bonds is 6. The molecule has 0 saturated carbocycles. The molecule has 0 saturated heterocycles. The number of ether oxygens (including phenoxy) is 1. The second-order valence-electron chi connectivity index (χ2n) is 4.54. The molecule has 0 aromatic heterocycles. The molecule has 17 heavy (non-hydrogen) atoms. The first-order chi connectivity index (χ1) is 7.87. The average molecular weight is 239 g/mol. The summed E-state index contributed by atoms with van der Waals surface area (Å²) in [5, 5.41) is 3.21. The van der Waals surface area contributed by atoms with Crippen molar-refractivity contribution in [3.8, 4) is 0 Å². The summed E-state index contributed by atoms with van der Waals surface area (Å²) in [6, 6.07) is 0. The van der Waals surface area contributed by atoms with Gasteiger partial charge in [0.2, 0.25) is 0 Å². The highest BCUT2D eigenvalue weighted by atomic mass is 16.5. The van der Waals surface area contributed by atoms with E-state index in [2.05, 4.69) is 18.5 Å². The first-order valence-electron chi connectivity index (χ1n) is 6.19. The van der Waals surface area contributed by atoms with Gasteiger partial charge < -0.3 is 4.74 Å². The monoisotopic (exact) mass is 239 g/mol. The van der Waals surface area contributed by atoms with Crippen LogP contribution in [0.4, 0.5) is 0 Å². The van der Waals surface area contributed by atoms with E-state index in [0.29, 0.717) is 6.73 Å². The highest BCUT2D eigenvalue weighted by Gasteiger charge is 2.08. The second-order valence-corrected chi connectivity index (χ2v) is 4.54. The molecule has 100 valence electrons. The fourth-order valence-corrected chi connectivity index (χ4v) is 0.948. The smallest absolute Gasteiger partial charge is 0.0975 e. The molecular formula is C15H29NO. The summed E-state index contributed by atoms with van der Waals surface area (Å²) in [4.78, 5) is 0. The molecule has 0 rings (SSSR count). The van der Waals surface area contributed by atoms with Gasteiger partial charge in [-0.25, -0.2) is 0 Å². The van der Waals surface area contributed by atoms with Crippen LogP contribution >= 0.6 is 0 Å². The molecule has 0 amide bonds. The van der Waals surface area contributed by atoms with Gasteiger partial charge in [0.05, 0.1) is 12.3 Å². The first kappa shape index (κ1) is 18.5. The quantitative estimate of drug-likeness (QED) is 0.429. The Kier molecular flexibility index (Phi) is 11.2. The van der Waals surface area contributed by atoms with E-state index in [1.807, 2.05) is 47.6 Å². The molecule has 1 N–H and O–H groups in total. The molecule has 0 aliphatic rings. The van der Waals surface area contributed by atoms with Crippen LogP contribution < -0.4 is 5.32 Å². The van der Waals surface area contributed by atoms with Crippen LogP contribution in [0.3, 0.4) is 0 Å². The van der Waals surface area contributed by atoms with E-state index in [0.717, 1.165) is 17.7 Å². The fraction of sp³-hybridized carbons (Fsp3) is 0.600. The van der Waals surface area contributed by atoms with Gasteiger partial charge in [-0.1, -0.05) is 44.7 Å². The van der Waals surface area contributed by atoms with Crippen LogP contribution in [0.1, 0.15) is 41.5 Å². The van der Waals surface area contributed by atoms with Gasteiger partial charge >= 0.3 is 0 Å². The zero-order valence-corrected chi connectivity index (χ0v) is 12.4. The van der Waals surface area contributed by atoms with Crippen molar-refractivity contribution in [2.24, 2.45) is 0 Å². The largest absolute Gasteiger partial charge is 0.361 e. The van der Waals surface area contributed by atoms with Crippen molar-refractivity contribution in [1.29, 1.82) is 0 Å². The van der Waals surface area contributed by atoms with Crippen molar-refractivity contribution < 1.29 is 4.74 Å². The summed E-state index contributed by atoms with van der Waals surface area (Å²) >= 11 is 0. The molecule has 0 aliphatic carbocycles. The molecule has 0 heterocycles. The molecule has 0 bridgehead atoms. The van der Waals surface area contributed by atoms with Gasteiger partial charge in [0.15, 0.2) is 0 Å². The minimum absolute atomic E-state index is 0.0987. The standard InChI is InChI=1S/C13H23NO.C2H6/c1-7-8-12(11(2)3)9-14-10-15-13(4,5)6;1-2/h7-8,14H,1-2,9-10H2,3-6H3;1-2H3/b12-8-;. The number of hydrogen-bond acceptors (Lipinski definition) is 2. The van der Waals surface area contributed by atoms with Crippen molar-refractivity contribution >= 4 is 0 Å². The van der Waals surface area contributed by atoms with E-state index in [9.17, 15) is 0 Å². The maximum absolute atomic E-state index is 5.54. The van der Waals surface area contributed by atoms with Crippen molar-refractivity contribution in [3.05, 3.63) is 36.5 Å². The van der Waals surface area contributed by atoms with E-state index in [-0.39, 0.29) is 5.60 Å². The van der Waals surface area contributed by atoms with E-state index in [1.165, 1.54) is 0 Å². The van der Waals surface area contributed by atoms with Crippen molar-refractivity contribution in [3.63, 3.8) is 0 Å². The fourth-order valence-electron chi connectivity index (χ4n) is 0.948. The lowest BCUT2D eigenvalue weighted by Crippen LogP contribution is -2.28. The Bertz CT molecular complexity index is 246. The molecule has 0 fully saturated rings. The Balaban J connectivity index is 0. The van der Waals surface area contributed by atoms with Gasteiger partial charge in [-0.05, 0) is 33.3 Å². The Morgan fingerprint density at radius 3 is 2.18 bits per heavy atom. The predicted octanol–water partition coefficient (Wildman–Crippen LogP) is 4.06. The number of nitrogens with one attached hydrogen (secondary N) is 1. The lowest BCUT2D eigenvalue weighted by molar-refractivity contribution is -0.0120. The zero-order valence-electron chi connectivity index (χ0n) is 12.4. The number of allylic oxidation sites excluding steroid dienone is 2. The molecule has 0 unspecified atom stereocenters. The summed E-state index contributed by atoms with van der Waals surface area (Å²) in [5.74, 6) is 0. The van der Waals surface area contributed by atoms with Gasteiger partial charge in [-0.3, -0.25) is 5.32 Å². The Morgan fingerprint density at radius 1 is 1.29 bits per heavy atom. The summed E-state index contributed by atoms with van der Waals surface area (Å²) in [6.07, 6.45) is 3.74. The van der Waals surface area contributed by atoms with Crippen molar-refractivity contribution in [2.45, 2.75) is 47.1 Å². The lowest BCUT2D eigenvalue weighted by atomic mass is 10.1. The van der Waals surface area contributed by atoms with Gasteiger partial charge in [0.1, 0.15) is 0 Å². The van der Waals surface area contributed by atoms with E-state index >= 15 is 0 Å². The molecule has 2 heteroatoms. The van der Waals surface area contributed by atoms with Crippen LogP contribution in [-0.2, 0) is 4.74 Å². The zero-order chi connectivity index (χ0) is 13.9. The molecule has 0 aromatic carbocycles. The first-order valence-corrected chi connectivity index (χ1v) is 6.19. The van der Waals surface area contributed by atoms with Crippen LogP contribution in [0.25, 0.3) is 0 Å². The van der Waals surface area contributed by atoms with Crippen LogP contribution in [-0.4, -0.2) is 18.9 Å². The summed E-state index contributed by atoms with van der Waals surface area (Å²) < 4.78 is 5.54. The van der Waals surface area contributed by atoms with Crippen molar-refractivity contribution in [1.82, 2.24) is 5.32 Å². The third-order valence-electron chi connectivity index (χ3n) is 1.79. The molecular weight excluding hydrogens is 210 g/mol. The highest BCUT2D eigenvalue weighted by molar-refractivity contribution is 5.30. The normalized spacial score (nSPS) is 11.5. The van der Waals surface area contributed by atoms with Crippen LogP contribution in [0.5, 0.6) is 0 Å². The highest BCUT2D eigenvalue weighted by Crippen LogP contribution is 2.07. The molecule has 0 aliphatic heterocycles. The van der Waals surface area contributed by atoms with Gasteiger partial charge in [-0.2, -0.15) is 0 Å². The molecule has 0 spiro atoms. The maximum atomic E-state index is 5.54. The average Bonchev–Trinajstić information content (AvgIpc) is 2.24. The third-order valence-corrected chi connectivity index (χ3v) is 1.79. The lowest BCUT2D eigenvalue weighted by Gasteiger charge is -2.20. The van der Waals surface area contributed by atoms with E-state index in [4.69, 9.17) is 4.74 Å². The predicted molar refractivity (Wildman–Crippen MR) is 78.1 cm³/mol. The Hall–Kier alpha value is -0.860. The van der Waals surface area contributed by atoms with Gasteiger partial charge in [0.25, 0.3) is 0 Å². The Morgan fingerprint density at radius 2 is 1.82 bits per heavy atom. The van der Waals surface area contributed by atoms with Crippen LogP contribution in [0.15, 0.2) is 36.5 Å². The summed E-state index contributed by atoms with van der Waals surface area (Å²) in [7, 11) is 0. The van der Waals surface area contributed by atoms with Gasteiger partial charge in [-0.15, -0.1) is 0 Å². The summed E-state index contributed by atoms with van der Waals surface area (Å²) in [5.41, 5.74) is 2.11. The van der Waals surface area contributed by atoms with E-state index in [1.54, 1.807) is 6.08 Å². The van der Waals surface area contributed by atoms with E-state index < -0.39 is 0 Å². The maximum Gasteiger partial charge on any atom is 0.0975 e. The number of hydrogen-bond donors (Lipinski definition) is 1. The Labute approximate surface area is 107 Å². The van der Waals surface area contributed by atoms with Crippen LogP contribution in [0, 0.1) is 0 Å². The SMILES string of the molecule is C=C/C=C(/CNCOC(C)(C)C)C(=C)C.CC. The summed E-state index contributed by atoms with van der Waals surface area (Å²) in [6.45, 7) is 21.0. The molecule has 0 atom stereocenters. The minimum Gasteiger partial charge on any atom is -0.361 e. The third kappa shape index (κ3) is 13.1. The van der Waals surface area contributed by atoms with Crippen molar-refractivity contribution in [2.75, 3.05) is 13.3 Å². The second kappa shape index (κ2) is 10.3. The minimum atomic E-state index is -0.0987. The topological polar surface area (TPSA) is 21.3 Å². The van der Waals surface area contributed by atoms with Gasteiger partial charge in [0, 0.05) is 6.54 Å². The van der Waals surface area contributed by atoms with Crippen LogP contribution in [0.2, 0.25) is 0 Å². The molecule has 0 radical (unpaired) electrons. The molecule has 0 aromatic rings. The molecule has 2 nitrogen and oxygen atoms in total.